The molecule has 1 aromatic rings. The predicted molar refractivity (Wildman–Crippen MR) is 97.9 cm³/mol. The lowest BCUT2D eigenvalue weighted by molar-refractivity contribution is -0.119. The normalized spacial score (nSPS) is 21.9. The summed E-state index contributed by atoms with van der Waals surface area (Å²) in [5.41, 5.74) is 9.69. The van der Waals surface area contributed by atoms with E-state index in [1.165, 1.54) is 24.8 Å². The summed E-state index contributed by atoms with van der Waals surface area (Å²) in [6.45, 7) is 4.30. The highest BCUT2D eigenvalue weighted by molar-refractivity contribution is 5.99. The maximum absolute atomic E-state index is 12.7. The Balaban J connectivity index is 1.97. The van der Waals surface area contributed by atoms with Crippen LogP contribution in [0.4, 0.5) is 5.69 Å². The number of ketones is 1. The Morgan fingerprint density at radius 1 is 1.29 bits per heavy atom. The highest BCUT2D eigenvalue weighted by Crippen LogP contribution is 2.36. The molecule has 2 aliphatic rings. The molecule has 24 heavy (non-hydrogen) atoms. The number of benzene rings is 1. The van der Waals surface area contributed by atoms with Gasteiger partial charge in [0.05, 0.1) is 12.8 Å². The van der Waals surface area contributed by atoms with E-state index in [0.29, 0.717) is 11.4 Å². The van der Waals surface area contributed by atoms with Crippen LogP contribution in [0.25, 0.3) is 5.70 Å². The molecule has 1 aliphatic heterocycles. The monoisotopic (exact) mass is 328 g/mol. The molecule has 3 N–H and O–H groups in total. The molecule has 0 atom stereocenters. The van der Waals surface area contributed by atoms with Gasteiger partial charge in [-0.05, 0) is 50.8 Å². The minimum atomic E-state index is -0.104. The Kier molecular flexibility index (Phi) is 4.57. The van der Waals surface area contributed by atoms with Crippen molar-refractivity contribution in [2.75, 3.05) is 12.8 Å². The maximum Gasteiger partial charge on any atom is 0.160 e. The zero-order valence-electron chi connectivity index (χ0n) is 14.9. The van der Waals surface area contributed by atoms with E-state index in [4.69, 9.17) is 10.5 Å². The van der Waals surface area contributed by atoms with E-state index >= 15 is 0 Å². The Bertz CT molecular complexity index is 670. The molecule has 0 bridgehead atoms. The number of nitrogens with one attached hydrogen (secondary N) is 1. The summed E-state index contributed by atoms with van der Waals surface area (Å²) in [6.07, 6.45) is 8.30. The second-order valence-electron chi connectivity index (χ2n) is 7.73. The van der Waals surface area contributed by atoms with E-state index < -0.39 is 0 Å². The van der Waals surface area contributed by atoms with Crippen molar-refractivity contribution in [3.8, 4) is 5.75 Å². The quantitative estimate of drug-likeness (QED) is 0.656. The molecule has 3 rings (SSSR count). The summed E-state index contributed by atoms with van der Waals surface area (Å²) < 4.78 is 5.36. The van der Waals surface area contributed by atoms with Gasteiger partial charge in [0.2, 0.25) is 0 Å². The number of carbonyl (C=O) groups excluding carboxylic acids is 1. The third kappa shape index (κ3) is 3.42. The molecule has 4 nitrogen and oxygen atoms in total. The van der Waals surface area contributed by atoms with Crippen LogP contribution < -0.4 is 15.8 Å². The fourth-order valence-electron chi connectivity index (χ4n) is 3.93. The van der Waals surface area contributed by atoms with Crippen LogP contribution in [0.2, 0.25) is 0 Å². The van der Waals surface area contributed by atoms with E-state index in [9.17, 15) is 4.79 Å². The molecular weight excluding hydrogens is 300 g/mol. The fraction of sp³-hybridized carbons (Fsp3) is 0.550. The van der Waals surface area contributed by atoms with Crippen molar-refractivity contribution in [2.45, 2.75) is 57.9 Å². The van der Waals surface area contributed by atoms with Crippen molar-refractivity contribution in [2.24, 2.45) is 5.92 Å². The SMILES string of the molecule is COc1cc2c(cc1N)/C(=C/C(=O)C1CCCCC1)NC(C)(C)C2. The molecule has 0 radical (unpaired) electrons. The van der Waals surface area contributed by atoms with Gasteiger partial charge in [-0.15, -0.1) is 0 Å². The van der Waals surface area contributed by atoms with Crippen molar-refractivity contribution in [1.82, 2.24) is 5.32 Å². The van der Waals surface area contributed by atoms with Crippen LogP contribution in [-0.4, -0.2) is 18.4 Å². The van der Waals surface area contributed by atoms with Gasteiger partial charge in [-0.3, -0.25) is 4.79 Å². The number of anilines is 1. The summed E-state index contributed by atoms with van der Waals surface area (Å²) >= 11 is 0. The third-order valence-electron chi connectivity index (χ3n) is 5.15. The van der Waals surface area contributed by atoms with Crippen molar-refractivity contribution < 1.29 is 9.53 Å². The molecule has 1 aromatic carbocycles. The third-order valence-corrected chi connectivity index (χ3v) is 5.15. The van der Waals surface area contributed by atoms with E-state index in [1.807, 2.05) is 18.2 Å². The molecule has 1 fully saturated rings. The number of allylic oxidation sites excluding steroid dienone is 1. The standard InChI is InChI=1S/C20H28N2O2/c1-20(2)12-14-9-19(24-3)16(21)10-15(14)17(22-20)11-18(23)13-7-5-4-6-8-13/h9-11,13,22H,4-8,12,21H2,1-3H3/b17-11-. The van der Waals surface area contributed by atoms with Gasteiger partial charge in [0.1, 0.15) is 5.75 Å². The van der Waals surface area contributed by atoms with E-state index in [2.05, 4.69) is 19.2 Å². The number of hydrogen-bond acceptors (Lipinski definition) is 4. The Labute approximate surface area is 144 Å². The number of fused-ring (bicyclic) bond motifs is 1. The number of ether oxygens (including phenoxy) is 1. The highest BCUT2D eigenvalue weighted by Gasteiger charge is 2.30. The van der Waals surface area contributed by atoms with Crippen LogP contribution in [0, 0.1) is 5.92 Å². The number of carbonyl (C=O) groups is 1. The summed E-state index contributed by atoms with van der Waals surface area (Å²) in [6, 6.07) is 3.93. The van der Waals surface area contributed by atoms with Gasteiger partial charge < -0.3 is 15.8 Å². The minimum absolute atomic E-state index is 0.104. The first-order valence-electron chi connectivity index (χ1n) is 8.90. The Hall–Kier alpha value is -1.97. The molecule has 0 unspecified atom stereocenters. The highest BCUT2D eigenvalue weighted by atomic mass is 16.5. The Morgan fingerprint density at radius 2 is 2.00 bits per heavy atom. The van der Waals surface area contributed by atoms with Crippen LogP contribution in [0.3, 0.4) is 0 Å². The molecular formula is C20H28N2O2. The minimum Gasteiger partial charge on any atom is -0.495 e. The van der Waals surface area contributed by atoms with Crippen LogP contribution >= 0.6 is 0 Å². The zero-order valence-corrected chi connectivity index (χ0v) is 14.9. The van der Waals surface area contributed by atoms with Crippen LogP contribution in [0.5, 0.6) is 5.75 Å². The first kappa shape index (κ1) is 16.9. The molecule has 0 spiro atoms. The van der Waals surface area contributed by atoms with Gasteiger partial charge in [0, 0.05) is 28.8 Å². The largest absolute Gasteiger partial charge is 0.495 e. The van der Waals surface area contributed by atoms with Crippen molar-refractivity contribution in [3.05, 3.63) is 29.3 Å². The molecule has 4 heteroatoms. The molecule has 130 valence electrons. The first-order valence-corrected chi connectivity index (χ1v) is 8.90. The fourth-order valence-corrected chi connectivity index (χ4v) is 3.93. The lowest BCUT2D eigenvalue weighted by Gasteiger charge is -2.36. The van der Waals surface area contributed by atoms with E-state index in [0.717, 1.165) is 30.5 Å². The second kappa shape index (κ2) is 6.50. The number of hydrogen-bond donors (Lipinski definition) is 2. The van der Waals surface area contributed by atoms with Gasteiger partial charge in [0.15, 0.2) is 5.78 Å². The molecule has 0 amide bonds. The molecule has 1 heterocycles. The first-order chi connectivity index (χ1) is 11.4. The molecule has 1 saturated carbocycles. The summed E-state index contributed by atoms with van der Waals surface area (Å²) in [4.78, 5) is 12.7. The zero-order chi connectivity index (χ0) is 17.3. The van der Waals surface area contributed by atoms with Crippen LogP contribution in [-0.2, 0) is 11.2 Å². The summed E-state index contributed by atoms with van der Waals surface area (Å²) in [5, 5.41) is 3.53. The van der Waals surface area contributed by atoms with Crippen LogP contribution in [0.15, 0.2) is 18.2 Å². The molecule has 1 aliphatic carbocycles. The maximum atomic E-state index is 12.7. The van der Waals surface area contributed by atoms with Gasteiger partial charge >= 0.3 is 0 Å². The summed E-state index contributed by atoms with van der Waals surface area (Å²) in [5.74, 6) is 1.12. The molecule has 0 saturated heterocycles. The van der Waals surface area contributed by atoms with Crippen molar-refractivity contribution in [3.63, 3.8) is 0 Å². The number of methoxy groups -OCH3 is 1. The van der Waals surface area contributed by atoms with Gasteiger partial charge in [-0.2, -0.15) is 0 Å². The second-order valence-corrected chi connectivity index (χ2v) is 7.73. The summed E-state index contributed by atoms with van der Waals surface area (Å²) in [7, 11) is 1.63. The number of nitrogens with two attached hydrogens (primary N) is 1. The predicted octanol–water partition coefficient (Wildman–Crippen LogP) is 3.69. The van der Waals surface area contributed by atoms with Crippen molar-refractivity contribution in [1.29, 1.82) is 0 Å². The van der Waals surface area contributed by atoms with Crippen molar-refractivity contribution >= 4 is 17.2 Å². The van der Waals surface area contributed by atoms with Crippen LogP contribution in [0.1, 0.15) is 57.1 Å². The van der Waals surface area contributed by atoms with Gasteiger partial charge in [-0.25, -0.2) is 0 Å². The lowest BCUT2D eigenvalue weighted by atomic mass is 9.83. The van der Waals surface area contributed by atoms with E-state index in [-0.39, 0.29) is 17.2 Å². The van der Waals surface area contributed by atoms with Gasteiger partial charge in [0.25, 0.3) is 0 Å². The topological polar surface area (TPSA) is 64.3 Å². The lowest BCUT2D eigenvalue weighted by Crippen LogP contribution is -2.44. The number of nitrogen functional groups attached to an aromatic ring is 1. The molecule has 0 aromatic heterocycles. The van der Waals surface area contributed by atoms with Gasteiger partial charge in [-0.1, -0.05) is 19.3 Å². The number of rotatable bonds is 3. The Morgan fingerprint density at radius 3 is 2.67 bits per heavy atom. The van der Waals surface area contributed by atoms with E-state index in [1.54, 1.807) is 7.11 Å². The smallest absolute Gasteiger partial charge is 0.160 e. The average Bonchev–Trinajstić information content (AvgIpc) is 2.55. The average molecular weight is 328 g/mol.